The molecule has 1 saturated heterocycles. The lowest BCUT2D eigenvalue weighted by Crippen LogP contribution is -2.46. The van der Waals surface area contributed by atoms with Gasteiger partial charge in [-0.2, -0.15) is 31.7 Å². The van der Waals surface area contributed by atoms with Crippen LogP contribution in [0.15, 0.2) is 29.5 Å². The Kier molecular flexibility index (Phi) is 8.36. The molecule has 2 aromatic heterocycles. The highest BCUT2D eigenvalue weighted by atomic mass is 32.2. The van der Waals surface area contributed by atoms with E-state index in [1.54, 1.807) is 10.6 Å². The van der Waals surface area contributed by atoms with Crippen molar-refractivity contribution in [1.82, 2.24) is 24.0 Å². The van der Waals surface area contributed by atoms with Crippen LogP contribution in [0.3, 0.4) is 0 Å². The van der Waals surface area contributed by atoms with Crippen LogP contribution in [0.1, 0.15) is 48.4 Å². The maximum Gasteiger partial charge on any atom is 0.516 e. The third-order valence-electron chi connectivity index (χ3n) is 7.12. The molecule has 1 N–H and O–H groups in total. The third-order valence-corrected chi connectivity index (χ3v) is 8.60. The monoisotopic (exact) mass is 626 g/mol. The van der Waals surface area contributed by atoms with Gasteiger partial charge in [-0.25, -0.2) is 13.7 Å². The first-order valence-corrected chi connectivity index (χ1v) is 15.1. The number of imidazole rings is 1. The number of hydrazone groups is 1. The van der Waals surface area contributed by atoms with Crippen LogP contribution >= 0.6 is 0 Å². The van der Waals surface area contributed by atoms with Crippen molar-refractivity contribution in [3.05, 3.63) is 47.2 Å². The fourth-order valence-electron chi connectivity index (χ4n) is 4.99. The molecule has 2 aliphatic heterocycles. The fraction of sp³-hybridized carbons (Fsp3) is 0.462. The Morgan fingerprint density at radius 1 is 1.09 bits per heavy atom. The fourth-order valence-corrected chi connectivity index (χ4v) is 5.74. The van der Waals surface area contributed by atoms with E-state index in [1.165, 1.54) is 12.1 Å². The van der Waals surface area contributed by atoms with Crippen molar-refractivity contribution in [2.45, 2.75) is 45.2 Å². The highest BCUT2D eigenvalue weighted by Gasteiger charge is 2.50. The number of rotatable bonds is 9. The van der Waals surface area contributed by atoms with Gasteiger partial charge < -0.3 is 15.0 Å². The minimum atomic E-state index is -5.58. The summed E-state index contributed by atoms with van der Waals surface area (Å²) < 4.78 is 84.1. The van der Waals surface area contributed by atoms with Crippen LogP contribution in [-0.2, 0) is 23.0 Å². The smallest absolute Gasteiger partial charge is 0.488 e. The second-order valence-corrected chi connectivity index (χ2v) is 11.8. The van der Waals surface area contributed by atoms with Crippen LogP contribution in [-0.4, -0.2) is 77.6 Å². The standard InChI is InChI=1S/C26H30F4N8O4S/c1-3-19-22(33-25-34-23(35-9-5-6-10-35)21(42-4-2)15-37(19)25)24(39)31-14-17-7-8-20(18(27)13-17)38-12-11-36(16-32-38)43(40,41)26(28,29)30/h7-8,13,15-16H,3-6,9-12,14H2,1-2H3,(H,31,39). The topological polar surface area (TPSA) is 125 Å². The molecule has 3 aromatic rings. The molecular formula is C26H30F4N8O4S. The van der Waals surface area contributed by atoms with Gasteiger partial charge >= 0.3 is 15.5 Å². The van der Waals surface area contributed by atoms with E-state index >= 15 is 0 Å². The van der Waals surface area contributed by atoms with Crippen molar-refractivity contribution in [3.63, 3.8) is 0 Å². The summed E-state index contributed by atoms with van der Waals surface area (Å²) in [5.74, 6) is 0.444. The Morgan fingerprint density at radius 3 is 2.44 bits per heavy atom. The molecule has 1 fully saturated rings. The van der Waals surface area contributed by atoms with Gasteiger partial charge in [-0.3, -0.25) is 14.2 Å². The highest BCUT2D eigenvalue weighted by molar-refractivity contribution is 7.90. The van der Waals surface area contributed by atoms with Crippen LogP contribution in [0.5, 0.6) is 5.75 Å². The number of hydrogen-bond acceptors (Lipinski definition) is 9. The number of carbonyl (C=O) groups is 1. The minimum absolute atomic E-state index is 0.0371. The molecular weight excluding hydrogens is 596 g/mol. The molecule has 0 atom stereocenters. The first-order chi connectivity index (χ1) is 20.4. The van der Waals surface area contributed by atoms with Crippen molar-refractivity contribution in [2.75, 3.05) is 42.7 Å². The Hall–Kier alpha value is -4.15. The maximum absolute atomic E-state index is 14.9. The highest BCUT2D eigenvalue weighted by Crippen LogP contribution is 2.31. The summed E-state index contributed by atoms with van der Waals surface area (Å²) in [6.07, 6.45) is 4.90. The molecule has 1 amide bonds. The Bertz CT molecular complexity index is 1650. The van der Waals surface area contributed by atoms with Gasteiger partial charge in [0.1, 0.15) is 12.2 Å². The molecule has 4 heterocycles. The van der Waals surface area contributed by atoms with Gasteiger partial charge in [0.05, 0.1) is 37.3 Å². The van der Waals surface area contributed by atoms with Gasteiger partial charge in [-0.05, 0) is 43.9 Å². The summed E-state index contributed by atoms with van der Waals surface area (Å²) >= 11 is 0. The van der Waals surface area contributed by atoms with Crippen molar-refractivity contribution >= 4 is 39.6 Å². The van der Waals surface area contributed by atoms with E-state index in [9.17, 15) is 30.8 Å². The molecule has 0 radical (unpaired) electrons. The van der Waals surface area contributed by atoms with Crippen LogP contribution in [0, 0.1) is 5.82 Å². The van der Waals surface area contributed by atoms with Gasteiger partial charge in [0.15, 0.2) is 17.3 Å². The number of hydrogen-bond donors (Lipinski definition) is 1. The number of aryl methyl sites for hydroxylation is 1. The molecule has 17 heteroatoms. The van der Waals surface area contributed by atoms with Crippen molar-refractivity contribution in [3.8, 4) is 5.75 Å². The molecule has 5 rings (SSSR count). The van der Waals surface area contributed by atoms with Crippen molar-refractivity contribution in [1.29, 1.82) is 0 Å². The largest absolute Gasteiger partial charge is 0.516 e. The van der Waals surface area contributed by atoms with Crippen LogP contribution in [0.25, 0.3) is 5.78 Å². The number of benzene rings is 1. The SMILES string of the molecule is CCOc1cn2c(CC)c(C(=O)NCc3ccc(N4CCN(S(=O)(=O)C(F)(F)F)C=N4)c(F)c3)nc2nc1N1CCCC1. The maximum atomic E-state index is 14.9. The minimum Gasteiger partial charge on any atom is -0.488 e. The number of anilines is 2. The molecule has 2 aliphatic rings. The molecule has 43 heavy (non-hydrogen) atoms. The predicted octanol–water partition coefficient (Wildman–Crippen LogP) is 3.27. The van der Waals surface area contributed by atoms with E-state index < -0.39 is 33.8 Å². The van der Waals surface area contributed by atoms with Crippen LogP contribution in [0.4, 0.5) is 29.1 Å². The quantitative estimate of drug-likeness (QED) is 0.359. The zero-order valence-corrected chi connectivity index (χ0v) is 24.3. The average Bonchev–Trinajstić information content (AvgIpc) is 3.63. The number of halogens is 4. The first-order valence-electron chi connectivity index (χ1n) is 13.7. The number of ether oxygens (including phenoxy) is 1. The number of aromatic nitrogens is 3. The normalized spacial score (nSPS) is 15.9. The number of fused-ring (bicyclic) bond motifs is 1. The summed E-state index contributed by atoms with van der Waals surface area (Å²) in [5.41, 5.74) is -4.30. The van der Waals surface area contributed by atoms with E-state index in [1.807, 2.05) is 13.8 Å². The summed E-state index contributed by atoms with van der Waals surface area (Å²) in [6, 6.07) is 4.03. The van der Waals surface area contributed by atoms with Gasteiger partial charge in [-0.1, -0.05) is 13.0 Å². The number of carbonyl (C=O) groups excluding carboxylic acids is 1. The lowest BCUT2D eigenvalue weighted by Gasteiger charge is -2.29. The molecule has 0 saturated carbocycles. The summed E-state index contributed by atoms with van der Waals surface area (Å²) in [7, 11) is -5.58. The molecule has 0 bridgehead atoms. The summed E-state index contributed by atoms with van der Waals surface area (Å²) in [6.45, 7) is 5.04. The molecule has 0 spiro atoms. The van der Waals surface area contributed by atoms with Gasteiger partial charge in [0.2, 0.25) is 5.78 Å². The Balaban J connectivity index is 1.30. The summed E-state index contributed by atoms with van der Waals surface area (Å²) in [5, 5.41) is 7.48. The van der Waals surface area contributed by atoms with E-state index in [-0.39, 0.29) is 28.8 Å². The number of nitrogens with one attached hydrogen (secondary N) is 1. The number of amides is 1. The first kappa shape index (κ1) is 30.3. The lowest BCUT2D eigenvalue weighted by molar-refractivity contribution is -0.0471. The van der Waals surface area contributed by atoms with Gasteiger partial charge in [0, 0.05) is 19.6 Å². The predicted molar refractivity (Wildman–Crippen MR) is 150 cm³/mol. The molecule has 232 valence electrons. The molecule has 0 aliphatic carbocycles. The van der Waals surface area contributed by atoms with Crippen molar-refractivity contribution in [2.24, 2.45) is 5.10 Å². The van der Waals surface area contributed by atoms with Crippen LogP contribution in [0.2, 0.25) is 0 Å². The number of sulfonamides is 1. The Labute approximate surface area is 245 Å². The Morgan fingerprint density at radius 2 is 1.84 bits per heavy atom. The molecule has 12 nitrogen and oxygen atoms in total. The van der Waals surface area contributed by atoms with E-state index in [4.69, 9.17) is 9.72 Å². The molecule has 1 aromatic carbocycles. The van der Waals surface area contributed by atoms with Crippen molar-refractivity contribution < 1.29 is 35.5 Å². The summed E-state index contributed by atoms with van der Waals surface area (Å²) in [4.78, 5) is 24.5. The average molecular weight is 627 g/mol. The van der Waals surface area contributed by atoms with E-state index in [0.29, 0.717) is 48.0 Å². The molecule has 0 unspecified atom stereocenters. The van der Waals surface area contributed by atoms with Gasteiger partial charge in [0.25, 0.3) is 5.91 Å². The number of alkyl halides is 3. The van der Waals surface area contributed by atoms with E-state index in [0.717, 1.165) is 37.0 Å². The lowest BCUT2D eigenvalue weighted by atomic mass is 10.1. The zero-order valence-electron chi connectivity index (χ0n) is 23.4. The zero-order chi connectivity index (χ0) is 30.9. The number of nitrogens with zero attached hydrogens (tertiary/aromatic N) is 7. The van der Waals surface area contributed by atoms with E-state index in [2.05, 4.69) is 20.3 Å². The van der Waals surface area contributed by atoms with Gasteiger partial charge in [-0.15, -0.1) is 0 Å². The third kappa shape index (κ3) is 5.89. The second kappa shape index (κ2) is 11.9. The second-order valence-electron chi connectivity index (χ2n) is 9.87. The van der Waals surface area contributed by atoms with Crippen LogP contribution < -0.4 is 20.0 Å².